The minimum absolute atomic E-state index is 0.0599. The van der Waals surface area contributed by atoms with Crippen LogP contribution in [-0.2, 0) is 9.84 Å². The Labute approximate surface area is 133 Å². The number of halogens is 2. The van der Waals surface area contributed by atoms with Gasteiger partial charge >= 0.3 is 0 Å². The van der Waals surface area contributed by atoms with Gasteiger partial charge in [0, 0.05) is 16.3 Å². The summed E-state index contributed by atoms with van der Waals surface area (Å²) in [6.45, 7) is 0. The Hall–Kier alpha value is -0.100. The van der Waals surface area contributed by atoms with Crippen LogP contribution in [0.1, 0.15) is 37.4 Å². The molecule has 0 amide bonds. The molecular formula is C14H18BrClO3S. The molecule has 0 radical (unpaired) electrons. The zero-order chi connectivity index (χ0) is 14.9. The highest BCUT2D eigenvalue weighted by Gasteiger charge is 2.33. The smallest absolute Gasteiger partial charge is 0.150 e. The van der Waals surface area contributed by atoms with Gasteiger partial charge in [0.2, 0.25) is 0 Å². The van der Waals surface area contributed by atoms with Gasteiger partial charge in [0.15, 0.2) is 0 Å². The van der Waals surface area contributed by atoms with Gasteiger partial charge < -0.3 is 5.11 Å². The summed E-state index contributed by atoms with van der Waals surface area (Å²) < 4.78 is 24.1. The molecule has 0 aliphatic heterocycles. The standard InChI is InChI=1S/C14H18BrClO3S/c1-20(18,19)10-5-2-4-9(8-10)14(17)11-6-3-7-12(15)13(11)16/h3,6-7,9-10,14,17H,2,4-5,8H2,1H3. The minimum atomic E-state index is -3.05. The maximum absolute atomic E-state index is 11.7. The Balaban J connectivity index is 2.21. The number of rotatable bonds is 3. The van der Waals surface area contributed by atoms with Gasteiger partial charge in [-0.3, -0.25) is 0 Å². The van der Waals surface area contributed by atoms with Crippen LogP contribution < -0.4 is 0 Å². The summed E-state index contributed by atoms with van der Waals surface area (Å²) in [7, 11) is -3.05. The Morgan fingerprint density at radius 3 is 2.75 bits per heavy atom. The molecule has 1 saturated carbocycles. The predicted molar refractivity (Wildman–Crippen MR) is 84.7 cm³/mol. The van der Waals surface area contributed by atoms with E-state index in [1.807, 2.05) is 12.1 Å². The van der Waals surface area contributed by atoms with Gasteiger partial charge in [-0.1, -0.05) is 30.2 Å². The van der Waals surface area contributed by atoms with Crippen LogP contribution in [0.15, 0.2) is 22.7 Å². The lowest BCUT2D eigenvalue weighted by molar-refractivity contribution is 0.0857. The van der Waals surface area contributed by atoms with E-state index in [9.17, 15) is 13.5 Å². The first-order valence-corrected chi connectivity index (χ1v) is 9.74. The monoisotopic (exact) mass is 380 g/mol. The Morgan fingerprint density at radius 2 is 2.10 bits per heavy atom. The van der Waals surface area contributed by atoms with Crippen molar-refractivity contribution in [1.29, 1.82) is 0 Å². The van der Waals surface area contributed by atoms with Crippen LogP contribution in [0.3, 0.4) is 0 Å². The molecule has 3 unspecified atom stereocenters. The second-order valence-electron chi connectivity index (χ2n) is 5.47. The molecule has 0 bridgehead atoms. The maximum atomic E-state index is 11.7. The van der Waals surface area contributed by atoms with Crippen molar-refractivity contribution in [1.82, 2.24) is 0 Å². The van der Waals surface area contributed by atoms with Crippen molar-refractivity contribution in [3.8, 4) is 0 Å². The van der Waals surface area contributed by atoms with E-state index in [-0.39, 0.29) is 11.2 Å². The molecule has 1 aliphatic rings. The first-order valence-electron chi connectivity index (χ1n) is 6.61. The fourth-order valence-electron chi connectivity index (χ4n) is 2.86. The van der Waals surface area contributed by atoms with E-state index >= 15 is 0 Å². The molecule has 2 rings (SSSR count). The largest absolute Gasteiger partial charge is 0.388 e. The average Bonchev–Trinajstić information content (AvgIpc) is 2.40. The Morgan fingerprint density at radius 1 is 1.40 bits per heavy atom. The molecule has 3 atom stereocenters. The summed E-state index contributed by atoms with van der Waals surface area (Å²) in [5.41, 5.74) is 0.667. The number of hydrogen-bond acceptors (Lipinski definition) is 3. The van der Waals surface area contributed by atoms with Crippen LogP contribution in [0.5, 0.6) is 0 Å². The second kappa shape index (κ2) is 6.34. The average molecular weight is 382 g/mol. The van der Waals surface area contributed by atoms with Gasteiger partial charge in [-0.15, -0.1) is 0 Å². The lowest BCUT2D eigenvalue weighted by Crippen LogP contribution is -2.30. The van der Waals surface area contributed by atoms with Crippen molar-refractivity contribution in [2.45, 2.75) is 37.0 Å². The highest BCUT2D eigenvalue weighted by molar-refractivity contribution is 9.10. The third-order valence-corrected chi connectivity index (χ3v) is 6.97. The Kier molecular flexibility index (Phi) is 5.16. The van der Waals surface area contributed by atoms with Crippen molar-refractivity contribution in [2.24, 2.45) is 5.92 Å². The lowest BCUT2D eigenvalue weighted by Gasteiger charge is -2.31. The summed E-state index contributed by atoms with van der Waals surface area (Å²) in [6, 6.07) is 5.44. The number of benzene rings is 1. The van der Waals surface area contributed by atoms with Gasteiger partial charge in [-0.05, 0) is 47.2 Å². The molecule has 1 fully saturated rings. The quantitative estimate of drug-likeness (QED) is 0.867. The van der Waals surface area contributed by atoms with Gasteiger partial charge in [-0.25, -0.2) is 8.42 Å². The molecule has 6 heteroatoms. The molecule has 1 aromatic carbocycles. The van der Waals surface area contributed by atoms with Crippen molar-refractivity contribution in [3.05, 3.63) is 33.3 Å². The van der Waals surface area contributed by atoms with Crippen LogP contribution in [0.25, 0.3) is 0 Å². The molecule has 0 aromatic heterocycles. The number of aliphatic hydroxyl groups excluding tert-OH is 1. The Bertz CT molecular complexity index is 588. The number of sulfone groups is 1. The topological polar surface area (TPSA) is 54.4 Å². The van der Waals surface area contributed by atoms with E-state index in [0.29, 0.717) is 23.4 Å². The molecule has 3 nitrogen and oxygen atoms in total. The van der Waals surface area contributed by atoms with E-state index in [1.54, 1.807) is 6.07 Å². The van der Waals surface area contributed by atoms with Crippen molar-refractivity contribution in [2.75, 3.05) is 6.26 Å². The zero-order valence-corrected chi connectivity index (χ0v) is 14.4. The van der Waals surface area contributed by atoms with Crippen LogP contribution in [0.4, 0.5) is 0 Å². The third-order valence-electron chi connectivity index (χ3n) is 4.02. The molecule has 112 valence electrons. The van der Waals surface area contributed by atoms with Crippen molar-refractivity contribution >= 4 is 37.4 Å². The van der Waals surface area contributed by atoms with Gasteiger partial charge in [0.25, 0.3) is 0 Å². The summed E-state index contributed by atoms with van der Waals surface area (Å²) in [5, 5.41) is 10.7. The fourth-order valence-corrected chi connectivity index (χ4v) is 4.67. The van der Waals surface area contributed by atoms with Crippen LogP contribution in [0, 0.1) is 5.92 Å². The summed E-state index contributed by atoms with van der Waals surface area (Å²) in [5.74, 6) is -0.0599. The minimum Gasteiger partial charge on any atom is -0.388 e. The maximum Gasteiger partial charge on any atom is 0.150 e. The molecule has 1 aromatic rings. The van der Waals surface area contributed by atoms with E-state index in [4.69, 9.17) is 11.6 Å². The SMILES string of the molecule is CS(=O)(=O)C1CCCC(C(O)c2cccc(Br)c2Cl)C1. The van der Waals surface area contributed by atoms with Crippen LogP contribution >= 0.6 is 27.5 Å². The van der Waals surface area contributed by atoms with E-state index in [1.165, 1.54) is 6.26 Å². The molecule has 0 spiro atoms. The molecule has 20 heavy (non-hydrogen) atoms. The highest BCUT2D eigenvalue weighted by atomic mass is 79.9. The van der Waals surface area contributed by atoms with Crippen molar-refractivity contribution < 1.29 is 13.5 Å². The number of aliphatic hydroxyl groups is 1. The highest BCUT2D eigenvalue weighted by Crippen LogP contribution is 2.40. The molecular weight excluding hydrogens is 364 g/mol. The third kappa shape index (κ3) is 3.56. The van der Waals surface area contributed by atoms with E-state index < -0.39 is 15.9 Å². The first-order chi connectivity index (χ1) is 9.30. The molecule has 0 heterocycles. The van der Waals surface area contributed by atoms with Gasteiger partial charge in [0.1, 0.15) is 9.84 Å². The predicted octanol–water partition coefficient (Wildman–Crippen LogP) is 3.74. The van der Waals surface area contributed by atoms with Gasteiger partial charge in [-0.2, -0.15) is 0 Å². The van der Waals surface area contributed by atoms with Crippen LogP contribution in [0.2, 0.25) is 5.02 Å². The van der Waals surface area contributed by atoms with Gasteiger partial charge in [0.05, 0.1) is 16.4 Å². The van der Waals surface area contributed by atoms with Crippen LogP contribution in [-0.4, -0.2) is 25.0 Å². The lowest BCUT2D eigenvalue weighted by atomic mass is 9.82. The molecule has 0 saturated heterocycles. The summed E-state index contributed by atoms with van der Waals surface area (Å²) in [6.07, 6.45) is 3.40. The van der Waals surface area contributed by atoms with Crippen molar-refractivity contribution in [3.63, 3.8) is 0 Å². The zero-order valence-electron chi connectivity index (χ0n) is 11.2. The number of hydrogen-bond donors (Lipinski definition) is 1. The van der Waals surface area contributed by atoms with E-state index in [2.05, 4.69) is 15.9 Å². The molecule has 1 aliphatic carbocycles. The second-order valence-corrected chi connectivity index (χ2v) is 9.02. The summed E-state index contributed by atoms with van der Waals surface area (Å²) >= 11 is 9.55. The summed E-state index contributed by atoms with van der Waals surface area (Å²) in [4.78, 5) is 0. The first kappa shape index (κ1) is 16.3. The molecule has 1 N–H and O–H groups in total. The van der Waals surface area contributed by atoms with E-state index in [0.717, 1.165) is 17.3 Å². The fraction of sp³-hybridized carbons (Fsp3) is 0.571. The normalized spacial score (nSPS) is 25.4.